The van der Waals surface area contributed by atoms with Crippen LogP contribution < -0.4 is 0 Å². The lowest BCUT2D eigenvalue weighted by Gasteiger charge is -1.99. The van der Waals surface area contributed by atoms with Crippen LogP contribution in [0.15, 0.2) is 21.1 Å². The average molecular weight is 326 g/mol. The van der Waals surface area contributed by atoms with E-state index >= 15 is 0 Å². The summed E-state index contributed by atoms with van der Waals surface area (Å²) in [4.78, 5) is 10.5. The summed E-state index contributed by atoms with van der Waals surface area (Å²) in [5, 5.41) is 0. The zero-order valence-corrected chi connectivity index (χ0v) is 11.5. The summed E-state index contributed by atoms with van der Waals surface area (Å²) in [5.41, 5.74) is 1.23. The first-order chi connectivity index (χ1) is 6.52. The second-order valence-corrected chi connectivity index (χ2v) is 5.66. The molecule has 0 aliphatic heterocycles. The Morgan fingerprint density at radius 1 is 1.29 bits per heavy atom. The van der Waals surface area contributed by atoms with Gasteiger partial charge in [-0.1, -0.05) is 11.6 Å². The third-order valence-electron chi connectivity index (χ3n) is 1.56. The van der Waals surface area contributed by atoms with Crippen molar-refractivity contribution < 1.29 is 9.53 Å². The second kappa shape index (κ2) is 8.24. The van der Waals surface area contributed by atoms with Crippen molar-refractivity contribution in [2.75, 3.05) is 6.61 Å². The van der Waals surface area contributed by atoms with Crippen LogP contribution in [0, 0.1) is 0 Å². The average Bonchev–Trinajstić information content (AvgIpc) is 2.02. The SMILES string of the molecule is CC(=O)OC/C=C(/C)CCC=C(Br)Br. The fraction of sp³-hybridized carbons (Fsp3) is 0.500. The summed E-state index contributed by atoms with van der Waals surface area (Å²) in [6, 6.07) is 0. The van der Waals surface area contributed by atoms with Gasteiger partial charge in [-0.05, 0) is 57.7 Å². The Balaban J connectivity index is 3.67. The first kappa shape index (κ1) is 13.9. The summed E-state index contributed by atoms with van der Waals surface area (Å²) < 4.78 is 5.76. The van der Waals surface area contributed by atoms with Crippen LogP contribution in [0.2, 0.25) is 0 Å². The van der Waals surface area contributed by atoms with Gasteiger partial charge in [0.15, 0.2) is 0 Å². The maximum Gasteiger partial charge on any atom is 0.302 e. The Morgan fingerprint density at radius 3 is 2.43 bits per heavy atom. The van der Waals surface area contributed by atoms with Crippen molar-refractivity contribution in [2.24, 2.45) is 0 Å². The number of carbonyl (C=O) groups is 1. The second-order valence-electron chi connectivity index (χ2n) is 2.89. The van der Waals surface area contributed by atoms with Gasteiger partial charge in [0.1, 0.15) is 6.61 Å². The molecule has 2 nitrogen and oxygen atoms in total. The number of halogens is 2. The number of allylic oxidation sites excluding steroid dienone is 2. The molecular weight excluding hydrogens is 312 g/mol. The van der Waals surface area contributed by atoms with Gasteiger partial charge in [-0.3, -0.25) is 4.79 Å². The molecule has 80 valence electrons. The highest BCUT2D eigenvalue weighted by atomic mass is 79.9. The van der Waals surface area contributed by atoms with E-state index in [9.17, 15) is 4.79 Å². The molecule has 0 atom stereocenters. The molecule has 0 aliphatic carbocycles. The highest BCUT2D eigenvalue weighted by molar-refractivity contribution is 9.28. The quantitative estimate of drug-likeness (QED) is 0.566. The summed E-state index contributed by atoms with van der Waals surface area (Å²) in [6.45, 7) is 3.81. The van der Waals surface area contributed by atoms with Crippen LogP contribution >= 0.6 is 31.9 Å². The van der Waals surface area contributed by atoms with Crippen molar-refractivity contribution in [3.63, 3.8) is 0 Å². The largest absolute Gasteiger partial charge is 0.462 e. The lowest BCUT2D eigenvalue weighted by molar-refractivity contribution is -0.139. The van der Waals surface area contributed by atoms with Gasteiger partial charge in [0, 0.05) is 6.92 Å². The lowest BCUT2D eigenvalue weighted by atomic mass is 10.1. The van der Waals surface area contributed by atoms with Gasteiger partial charge in [0.05, 0.1) is 3.39 Å². The number of esters is 1. The molecule has 0 radical (unpaired) electrons. The van der Waals surface area contributed by atoms with E-state index in [0.29, 0.717) is 6.61 Å². The highest BCUT2D eigenvalue weighted by Gasteiger charge is 1.91. The molecule has 0 saturated heterocycles. The summed E-state index contributed by atoms with van der Waals surface area (Å²) in [7, 11) is 0. The van der Waals surface area contributed by atoms with Crippen LogP contribution in [0.5, 0.6) is 0 Å². The molecule has 4 heteroatoms. The Kier molecular flexibility index (Phi) is 8.18. The molecule has 0 fully saturated rings. The standard InChI is InChI=1S/C10H14Br2O2/c1-8(4-3-5-10(11)12)6-7-14-9(2)13/h5-6H,3-4,7H2,1-2H3/b8-6-. The van der Waals surface area contributed by atoms with Gasteiger partial charge in [-0.25, -0.2) is 0 Å². The molecule has 0 rings (SSSR count). The van der Waals surface area contributed by atoms with Gasteiger partial charge in [-0.2, -0.15) is 0 Å². The molecule has 0 spiro atoms. The van der Waals surface area contributed by atoms with E-state index in [1.807, 2.05) is 19.1 Å². The first-order valence-corrected chi connectivity index (χ1v) is 5.91. The number of hydrogen-bond donors (Lipinski definition) is 0. The van der Waals surface area contributed by atoms with Crippen LogP contribution in [0.4, 0.5) is 0 Å². The number of carbonyl (C=O) groups excluding carboxylic acids is 1. The Labute approximate surface area is 102 Å². The fourth-order valence-electron chi connectivity index (χ4n) is 0.812. The normalized spacial score (nSPS) is 11.0. The number of hydrogen-bond acceptors (Lipinski definition) is 2. The van der Waals surface area contributed by atoms with Gasteiger partial charge < -0.3 is 4.74 Å². The van der Waals surface area contributed by atoms with E-state index in [4.69, 9.17) is 4.74 Å². The fourth-order valence-corrected chi connectivity index (χ4v) is 1.27. The minimum atomic E-state index is -0.239. The van der Waals surface area contributed by atoms with E-state index in [-0.39, 0.29) is 5.97 Å². The van der Waals surface area contributed by atoms with E-state index in [0.717, 1.165) is 16.2 Å². The van der Waals surface area contributed by atoms with Crippen LogP contribution in [0.1, 0.15) is 26.7 Å². The predicted octanol–water partition coefficient (Wildman–Crippen LogP) is 3.91. The van der Waals surface area contributed by atoms with E-state index < -0.39 is 0 Å². The maximum atomic E-state index is 10.5. The van der Waals surface area contributed by atoms with Crippen molar-refractivity contribution >= 4 is 37.8 Å². The highest BCUT2D eigenvalue weighted by Crippen LogP contribution is 2.15. The van der Waals surface area contributed by atoms with E-state index in [2.05, 4.69) is 31.9 Å². The van der Waals surface area contributed by atoms with Gasteiger partial charge >= 0.3 is 5.97 Å². The van der Waals surface area contributed by atoms with Crippen LogP contribution in [-0.2, 0) is 9.53 Å². The summed E-state index contributed by atoms with van der Waals surface area (Å²) in [6.07, 6.45) is 5.91. The van der Waals surface area contributed by atoms with Crippen molar-refractivity contribution in [3.8, 4) is 0 Å². The molecule has 0 unspecified atom stereocenters. The van der Waals surface area contributed by atoms with E-state index in [1.54, 1.807) is 0 Å². The molecule has 0 aliphatic rings. The third-order valence-corrected chi connectivity index (χ3v) is 2.20. The Hall–Kier alpha value is -0.0900. The molecule has 0 aromatic heterocycles. The molecule has 14 heavy (non-hydrogen) atoms. The molecular formula is C10H14Br2O2. The topological polar surface area (TPSA) is 26.3 Å². The lowest BCUT2D eigenvalue weighted by Crippen LogP contribution is -1.98. The molecule has 0 N–H and O–H groups in total. The Morgan fingerprint density at radius 2 is 1.93 bits per heavy atom. The van der Waals surface area contributed by atoms with Crippen molar-refractivity contribution in [1.29, 1.82) is 0 Å². The van der Waals surface area contributed by atoms with Crippen LogP contribution in [0.25, 0.3) is 0 Å². The summed E-state index contributed by atoms with van der Waals surface area (Å²) >= 11 is 6.57. The smallest absolute Gasteiger partial charge is 0.302 e. The van der Waals surface area contributed by atoms with E-state index in [1.165, 1.54) is 12.5 Å². The monoisotopic (exact) mass is 324 g/mol. The third kappa shape index (κ3) is 9.99. The van der Waals surface area contributed by atoms with Crippen LogP contribution in [0.3, 0.4) is 0 Å². The molecule has 0 saturated carbocycles. The molecule has 0 bridgehead atoms. The number of ether oxygens (including phenoxy) is 1. The summed E-state index contributed by atoms with van der Waals surface area (Å²) in [5.74, 6) is -0.239. The van der Waals surface area contributed by atoms with Crippen molar-refractivity contribution in [1.82, 2.24) is 0 Å². The molecule has 0 amide bonds. The minimum Gasteiger partial charge on any atom is -0.462 e. The predicted molar refractivity (Wildman–Crippen MR) is 65.6 cm³/mol. The maximum absolute atomic E-state index is 10.5. The zero-order valence-electron chi connectivity index (χ0n) is 8.35. The van der Waals surface area contributed by atoms with Gasteiger partial charge in [0.25, 0.3) is 0 Å². The zero-order chi connectivity index (χ0) is 11.0. The molecule has 0 aromatic rings. The first-order valence-electron chi connectivity index (χ1n) is 4.32. The van der Waals surface area contributed by atoms with Gasteiger partial charge in [-0.15, -0.1) is 0 Å². The van der Waals surface area contributed by atoms with Crippen LogP contribution in [-0.4, -0.2) is 12.6 Å². The van der Waals surface area contributed by atoms with Crippen molar-refractivity contribution in [2.45, 2.75) is 26.7 Å². The molecule has 0 heterocycles. The Bertz CT molecular complexity index is 241. The number of rotatable bonds is 5. The minimum absolute atomic E-state index is 0.239. The molecule has 0 aromatic carbocycles. The van der Waals surface area contributed by atoms with Gasteiger partial charge in [0.2, 0.25) is 0 Å². The van der Waals surface area contributed by atoms with Crippen molar-refractivity contribution in [3.05, 3.63) is 21.1 Å².